The largest absolute Gasteiger partial charge is 0.313 e. The Hall–Kier alpha value is -3.59. The number of imidazole rings is 2. The molecule has 5 aromatic rings. The van der Waals surface area contributed by atoms with Crippen LogP contribution >= 0.6 is 0 Å². The molecule has 2 heterocycles. The molecular weight excluding hydrogens is 330 g/mol. The predicted octanol–water partition coefficient (Wildman–Crippen LogP) is 5.67. The first kappa shape index (κ1) is 15.6. The van der Waals surface area contributed by atoms with Crippen LogP contribution in [0.5, 0.6) is 0 Å². The van der Waals surface area contributed by atoms with E-state index in [2.05, 4.69) is 95.0 Å². The van der Waals surface area contributed by atoms with E-state index in [9.17, 15) is 0 Å². The fourth-order valence-corrected chi connectivity index (χ4v) is 3.64. The normalized spacial score (nSPS) is 11.1. The van der Waals surface area contributed by atoms with Crippen LogP contribution in [0, 0.1) is 0 Å². The summed E-state index contributed by atoms with van der Waals surface area (Å²) in [5.41, 5.74) is 6.75. The second-order valence-electron chi connectivity index (χ2n) is 6.65. The van der Waals surface area contributed by atoms with Gasteiger partial charge in [0.05, 0.1) is 17.1 Å². The molecule has 3 nitrogen and oxygen atoms in total. The van der Waals surface area contributed by atoms with Crippen molar-refractivity contribution < 1.29 is 0 Å². The van der Waals surface area contributed by atoms with Gasteiger partial charge in [-0.1, -0.05) is 91.0 Å². The number of hydrogen-bond acceptors (Lipinski definition) is 1. The third-order valence-corrected chi connectivity index (χ3v) is 4.97. The van der Waals surface area contributed by atoms with E-state index in [0.717, 1.165) is 34.0 Å². The molecule has 27 heavy (non-hydrogen) atoms. The van der Waals surface area contributed by atoms with Crippen molar-refractivity contribution in [2.45, 2.75) is 0 Å². The van der Waals surface area contributed by atoms with Gasteiger partial charge in [0.2, 0.25) is 5.78 Å². The van der Waals surface area contributed by atoms with Gasteiger partial charge in [0.25, 0.3) is 0 Å². The fraction of sp³-hybridized carbons (Fsp3) is 0.0417. The maximum atomic E-state index is 5.03. The Balaban J connectivity index is 1.82. The molecule has 0 aliphatic carbocycles. The van der Waals surface area contributed by atoms with Gasteiger partial charge in [0, 0.05) is 24.4 Å². The highest BCUT2D eigenvalue weighted by atomic mass is 15.2. The number of rotatable bonds is 3. The zero-order valence-corrected chi connectivity index (χ0v) is 15.1. The van der Waals surface area contributed by atoms with Crippen molar-refractivity contribution in [2.75, 3.05) is 0 Å². The fourth-order valence-electron chi connectivity index (χ4n) is 3.64. The topological polar surface area (TPSA) is 22.2 Å². The molecule has 0 radical (unpaired) electrons. The van der Waals surface area contributed by atoms with Crippen LogP contribution in [0.15, 0.2) is 97.2 Å². The molecule has 5 rings (SSSR count). The summed E-state index contributed by atoms with van der Waals surface area (Å²) in [5, 5.41) is 0. The lowest BCUT2D eigenvalue weighted by molar-refractivity contribution is 0.945. The molecule has 0 saturated carbocycles. The molecule has 0 aliphatic heterocycles. The first-order chi connectivity index (χ1) is 13.3. The van der Waals surface area contributed by atoms with Gasteiger partial charge < -0.3 is 4.57 Å². The van der Waals surface area contributed by atoms with Crippen LogP contribution < -0.4 is 0 Å². The van der Waals surface area contributed by atoms with Crippen molar-refractivity contribution in [3.8, 4) is 33.8 Å². The molecule has 3 heteroatoms. The van der Waals surface area contributed by atoms with E-state index >= 15 is 0 Å². The van der Waals surface area contributed by atoms with Crippen molar-refractivity contribution in [1.29, 1.82) is 0 Å². The SMILES string of the molecule is Cn1c(-c2ccccc2)cn2c(-c3ccccc3)c(-c3ccccc3)nc12. The highest BCUT2D eigenvalue weighted by molar-refractivity contribution is 5.82. The number of fused-ring (bicyclic) bond motifs is 1. The number of aryl methyl sites for hydroxylation is 1. The first-order valence-electron chi connectivity index (χ1n) is 9.07. The van der Waals surface area contributed by atoms with E-state index < -0.39 is 0 Å². The summed E-state index contributed by atoms with van der Waals surface area (Å²) in [5.74, 6) is 0.937. The number of hydrogen-bond donors (Lipinski definition) is 0. The first-order valence-corrected chi connectivity index (χ1v) is 9.07. The number of aromatic nitrogens is 3. The van der Waals surface area contributed by atoms with Crippen molar-refractivity contribution in [3.05, 3.63) is 97.2 Å². The van der Waals surface area contributed by atoms with E-state index in [0.29, 0.717) is 0 Å². The third kappa shape index (κ3) is 2.56. The van der Waals surface area contributed by atoms with Gasteiger partial charge in [-0.2, -0.15) is 0 Å². The van der Waals surface area contributed by atoms with E-state index in [1.807, 2.05) is 18.2 Å². The average Bonchev–Trinajstić information content (AvgIpc) is 3.27. The summed E-state index contributed by atoms with van der Waals surface area (Å²) < 4.78 is 4.37. The number of nitrogens with zero attached hydrogens (tertiary/aromatic N) is 3. The van der Waals surface area contributed by atoms with Gasteiger partial charge in [0.15, 0.2) is 0 Å². The average molecular weight is 349 g/mol. The van der Waals surface area contributed by atoms with Crippen molar-refractivity contribution >= 4 is 5.78 Å². The highest BCUT2D eigenvalue weighted by Gasteiger charge is 2.20. The van der Waals surface area contributed by atoms with Crippen LogP contribution in [-0.4, -0.2) is 14.0 Å². The Kier molecular flexibility index (Phi) is 3.65. The summed E-state index contributed by atoms with van der Waals surface area (Å²) in [6.07, 6.45) is 2.19. The number of benzene rings is 3. The quantitative estimate of drug-likeness (QED) is 0.411. The van der Waals surface area contributed by atoms with Crippen molar-refractivity contribution in [2.24, 2.45) is 7.05 Å². The molecule has 0 spiro atoms. The molecule has 0 aliphatic rings. The molecule has 3 aromatic carbocycles. The molecule has 0 amide bonds. The van der Waals surface area contributed by atoms with Crippen molar-refractivity contribution in [1.82, 2.24) is 14.0 Å². The minimum absolute atomic E-state index is 0.937. The molecule has 0 atom stereocenters. The molecule has 2 aromatic heterocycles. The van der Waals surface area contributed by atoms with Gasteiger partial charge in [-0.25, -0.2) is 4.98 Å². The molecule has 0 saturated heterocycles. The monoisotopic (exact) mass is 349 g/mol. The Bertz CT molecular complexity index is 1200. The second kappa shape index (κ2) is 6.29. The third-order valence-electron chi connectivity index (χ3n) is 4.97. The minimum Gasteiger partial charge on any atom is -0.313 e. The molecular formula is C24H19N3. The molecule has 0 fully saturated rings. The van der Waals surface area contributed by atoms with Crippen molar-refractivity contribution in [3.63, 3.8) is 0 Å². The van der Waals surface area contributed by atoms with Crippen LogP contribution in [0.4, 0.5) is 0 Å². The zero-order chi connectivity index (χ0) is 18.2. The Morgan fingerprint density at radius 3 is 1.74 bits per heavy atom. The van der Waals surface area contributed by atoms with Gasteiger partial charge in [0.1, 0.15) is 0 Å². The van der Waals surface area contributed by atoms with E-state index in [4.69, 9.17) is 4.98 Å². The molecule has 0 unspecified atom stereocenters. The standard InChI is InChI=1S/C24H19N3/c1-26-21(18-11-5-2-6-12-18)17-27-23(20-15-9-4-10-16-20)22(25-24(26)27)19-13-7-3-8-14-19/h2-17H,1H3. The second-order valence-corrected chi connectivity index (χ2v) is 6.65. The predicted molar refractivity (Wildman–Crippen MR) is 110 cm³/mol. The Morgan fingerprint density at radius 1 is 0.630 bits per heavy atom. The lowest BCUT2D eigenvalue weighted by Gasteiger charge is -2.05. The van der Waals surface area contributed by atoms with Crippen LogP contribution in [0.3, 0.4) is 0 Å². The summed E-state index contributed by atoms with van der Waals surface area (Å²) in [4.78, 5) is 5.03. The zero-order valence-electron chi connectivity index (χ0n) is 15.1. The molecule has 130 valence electrons. The van der Waals surface area contributed by atoms with E-state index in [1.54, 1.807) is 0 Å². The lowest BCUT2D eigenvalue weighted by atomic mass is 10.0. The van der Waals surface area contributed by atoms with Crippen LogP contribution in [0.1, 0.15) is 0 Å². The van der Waals surface area contributed by atoms with Gasteiger partial charge >= 0.3 is 0 Å². The van der Waals surface area contributed by atoms with E-state index in [-0.39, 0.29) is 0 Å². The maximum absolute atomic E-state index is 5.03. The lowest BCUT2D eigenvalue weighted by Crippen LogP contribution is -1.92. The summed E-state index contributed by atoms with van der Waals surface area (Å²) in [6, 6.07) is 31.3. The summed E-state index contributed by atoms with van der Waals surface area (Å²) >= 11 is 0. The Labute approximate surface area is 158 Å². The summed E-state index contributed by atoms with van der Waals surface area (Å²) in [7, 11) is 2.08. The molecule has 0 bridgehead atoms. The van der Waals surface area contributed by atoms with Crippen LogP contribution in [-0.2, 0) is 7.05 Å². The minimum atomic E-state index is 0.937. The smallest absolute Gasteiger partial charge is 0.215 e. The van der Waals surface area contributed by atoms with E-state index in [1.165, 1.54) is 5.56 Å². The van der Waals surface area contributed by atoms with Gasteiger partial charge in [-0.15, -0.1) is 0 Å². The van der Waals surface area contributed by atoms with Gasteiger partial charge in [-0.05, 0) is 5.56 Å². The van der Waals surface area contributed by atoms with Crippen LogP contribution in [0.2, 0.25) is 0 Å². The molecule has 0 N–H and O–H groups in total. The summed E-state index contributed by atoms with van der Waals surface area (Å²) in [6.45, 7) is 0. The Morgan fingerprint density at radius 2 is 1.15 bits per heavy atom. The van der Waals surface area contributed by atoms with Gasteiger partial charge in [-0.3, -0.25) is 4.40 Å². The maximum Gasteiger partial charge on any atom is 0.215 e. The highest BCUT2D eigenvalue weighted by Crippen LogP contribution is 2.35. The van der Waals surface area contributed by atoms with Crippen LogP contribution in [0.25, 0.3) is 39.5 Å².